The third-order valence-corrected chi connectivity index (χ3v) is 8.85. The van der Waals surface area contributed by atoms with Crippen LogP contribution in [0.3, 0.4) is 0 Å². The zero-order valence-electron chi connectivity index (χ0n) is 26.2. The Labute approximate surface area is 278 Å². The normalized spacial score (nSPS) is 19.6. The largest absolute Gasteiger partial charge is 0.463 e. The lowest BCUT2D eigenvalue weighted by atomic mass is 9.75. The van der Waals surface area contributed by atoms with Crippen LogP contribution in [0.5, 0.6) is 0 Å². The molecule has 3 aromatic rings. The molecule has 1 aliphatic carbocycles. The topological polar surface area (TPSA) is 107 Å². The van der Waals surface area contributed by atoms with Gasteiger partial charge in [0.25, 0.3) is 5.91 Å². The number of nitrogens with zero attached hydrogens (tertiary/aromatic N) is 5. The Morgan fingerprint density at radius 2 is 1.79 bits per heavy atom. The number of esters is 1. The summed E-state index contributed by atoms with van der Waals surface area (Å²) in [6.45, 7) is 9.81. The second-order valence-electron chi connectivity index (χ2n) is 13.3. The van der Waals surface area contributed by atoms with Gasteiger partial charge in [-0.2, -0.15) is 27.1 Å². The second-order valence-corrected chi connectivity index (χ2v) is 13.7. The molecular formula is C33H32ClF5N6O3. The number of carbonyl (C=O) groups excluding carboxylic acids is 2. The summed E-state index contributed by atoms with van der Waals surface area (Å²) in [7, 11) is 0. The molecule has 2 N–H and O–H groups in total. The van der Waals surface area contributed by atoms with Crippen LogP contribution in [0.15, 0.2) is 59.9 Å². The Balaban J connectivity index is 1.51. The van der Waals surface area contributed by atoms with E-state index in [-0.39, 0.29) is 35.9 Å². The number of aliphatic imine (C=N–C) groups is 1. The molecule has 1 fully saturated rings. The molecule has 2 aromatic carbocycles. The number of alkyl halides is 5. The number of aromatic nitrogens is 2. The number of hydrogen-bond donors (Lipinski definition) is 1. The van der Waals surface area contributed by atoms with Crippen molar-refractivity contribution in [3.63, 3.8) is 0 Å². The molecule has 0 saturated heterocycles. The van der Waals surface area contributed by atoms with Crippen molar-refractivity contribution in [1.82, 2.24) is 14.7 Å². The minimum Gasteiger partial charge on any atom is -0.463 e. The Kier molecular flexibility index (Phi) is 9.07. The van der Waals surface area contributed by atoms with Gasteiger partial charge >= 0.3 is 18.7 Å². The molecule has 1 aromatic heterocycles. The van der Waals surface area contributed by atoms with Gasteiger partial charge in [0.2, 0.25) is 5.69 Å². The summed E-state index contributed by atoms with van der Waals surface area (Å²) in [6, 6.07) is 9.71. The smallest absolute Gasteiger partial charge is 0.395 e. The van der Waals surface area contributed by atoms with Gasteiger partial charge < -0.3 is 10.5 Å². The molecular weight excluding hydrogens is 659 g/mol. The van der Waals surface area contributed by atoms with Crippen LogP contribution in [0, 0.1) is 17.4 Å². The Morgan fingerprint density at radius 3 is 2.33 bits per heavy atom. The van der Waals surface area contributed by atoms with E-state index >= 15 is 0 Å². The first-order valence-electron chi connectivity index (χ1n) is 14.9. The van der Waals surface area contributed by atoms with Gasteiger partial charge in [0.15, 0.2) is 11.5 Å². The summed E-state index contributed by atoms with van der Waals surface area (Å²) < 4.78 is 72.8. The molecule has 2 aliphatic rings. The van der Waals surface area contributed by atoms with Gasteiger partial charge in [0.05, 0.1) is 30.6 Å². The first-order valence-corrected chi connectivity index (χ1v) is 15.3. The molecule has 254 valence electrons. The monoisotopic (exact) mass is 690 g/mol. The first kappa shape index (κ1) is 34.8. The van der Waals surface area contributed by atoms with Crippen LogP contribution >= 0.6 is 11.6 Å². The van der Waals surface area contributed by atoms with E-state index in [1.54, 1.807) is 24.3 Å². The molecule has 0 unspecified atom stereocenters. The quantitative estimate of drug-likeness (QED) is 0.132. The van der Waals surface area contributed by atoms with Crippen molar-refractivity contribution in [3.8, 4) is 11.1 Å². The van der Waals surface area contributed by atoms with Gasteiger partial charge in [-0.25, -0.2) is 14.5 Å². The number of halogens is 6. The molecule has 15 heteroatoms. The van der Waals surface area contributed by atoms with Crippen LogP contribution < -0.4 is 5.73 Å². The summed E-state index contributed by atoms with van der Waals surface area (Å²) >= 11 is 6.16. The lowest BCUT2D eigenvalue weighted by molar-refractivity contribution is -0.195. The van der Waals surface area contributed by atoms with Gasteiger partial charge in [-0.15, -0.1) is 0 Å². The van der Waals surface area contributed by atoms with Crippen LogP contribution in [0.25, 0.3) is 16.0 Å². The second kappa shape index (κ2) is 12.5. The lowest BCUT2D eigenvalue weighted by Crippen LogP contribution is -2.47. The number of ether oxygens (including phenoxy) is 1. The molecule has 2 heterocycles. The predicted molar refractivity (Wildman–Crippen MR) is 167 cm³/mol. The van der Waals surface area contributed by atoms with E-state index < -0.39 is 60.0 Å². The SMILES string of the molecule is [C-]#[N+]c1cc([C@@H](COC(=O)CC2(C(F)(F)F)CC2)N2C(=O)[C@@](CC(C)(C)C)(c3ccc(-c4cnn(C(F)F)c4)cc3)N=C2N)ccc1Cl. The first-order chi connectivity index (χ1) is 22.4. The van der Waals surface area contributed by atoms with Gasteiger partial charge in [0.1, 0.15) is 6.61 Å². The van der Waals surface area contributed by atoms with Crippen molar-refractivity contribution in [2.45, 2.75) is 70.8 Å². The highest BCUT2D eigenvalue weighted by molar-refractivity contribution is 6.33. The molecule has 48 heavy (non-hydrogen) atoms. The standard InChI is InChI=1S/C33H32ClF5N6O3/c1-30(2,3)18-32(22-8-5-19(6-9-22)21-15-42-44(16-21)28(35)36)27(47)45(29(40)43-32)25(20-7-10-23(34)24(13-20)41-4)17-48-26(46)14-31(11-12-31)33(37,38)39/h5-10,13,15-16,25,28H,11-12,14,17-18H2,1-3H3,(H2,40,43)/t25-,32-/m1/s1. The molecule has 5 rings (SSSR count). The summed E-state index contributed by atoms with van der Waals surface area (Å²) in [5.41, 5.74) is 4.00. The number of nitrogens with two attached hydrogens (primary N) is 1. The highest BCUT2D eigenvalue weighted by Gasteiger charge is 2.64. The Morgan fingerprint density at radius 1 is 1.12 bits per heavy atom. The molecule has 9 nitrogen and oxygen atoms in total. The zero-order valence-corrected chi connectivity index (χ0v) is 26.9. The van der Waals surface area contributed by atoms with Crippen LogP contribution in [-0.2, 0) is 19.9 Å². The van der Waals surface area contributed by atoms with E-state index in [1.807, 2.05) is 20.8 Å². The third-order valence-electron chi connectivity index (χ3n) is 8.54. The predicted octanol–water partition coefficient (Wildman–Crippen LogP) is 7.95. The Bertz CT molecular complexity index is 1790. The maximum Gasteiger partial charge on any atom is 0.395 e. The van der Waals surface area contributed by atoms with Crippen molar-refractivity contribution < 1.29 is 36.3 Å². The molecule has 0 spiro atoms. The van der Waals surface area contributed by atoms with Gasteiger partial charge in [-0.3, -0.25) is 14.5 Å². The summed E-state index contributed by atoms with van der Waals surface area (Å²) in [4.78, 5) is 36.6. The molecule has 1 amide bonds. The van der Waals surface area contributed by atoms with Crippen LogP contribution in [-0.4, -0.2) is 45.3 Å². The fraction of sp³-hybridized carbons (Fsp3) is 0.424. The highest BCUT2D eigenvalue weighted by Crippen LogP contribution is 2.60. The third kappa shape index (κ3) is 6.74. The van der Waals surface area contributed by atoms with E-state index in [1.165, 1.54) is 30.6 Å². The van der Waals surface area contributed by atoms with Crippen molar-refractivity contribution in [1.29, 1.82) is 0 Å². The number of rotatable bonds is 10. The fourth-order valence-electron chi connectivity index (χ4n) is 5.96. The summed E-state index contributed by atoms with van der Waals surface area (Å²) in [6.07, 6.45) is -3.17. The molecule has 0 bridgehead atoms. The van der Waals surface area contributed by atoms with E-state index in [0.717, 1.165) is 4.90 Å². The van der Waals surface area contributed by atoms with Gasteiger partial charge in [-0.05, 0) is 47.4 Å². The number of hydrogen-bond acceptors (Lipinski definition) is 6. The fourth-order valence-corrected chi connectivity index (χ4v) is 6.12. The van der Waals surface area contributed by atoms with E-state index in [0.29, 0.717) is 26.9 Å². The van der Waals surface area contributed by atoms with Crippen LogP contribution in [0.1, 0.15) is 70.2 Å². The molecule has 2 atom stereocenters. The maximum atomic E-state index is 14.7. The highest BCUT2D eigenvalue weighted by atomic mass is 35.5. The number of carbonyl (C=O) groups is 2. The van der Waals surface area contributed by atoms with Crippen LogP contribution in [0.4, 0.5) is 27.6 Å². The number of amides is 1. The average molecular weight is 691 g/mol. The number of benzene rings is 2. The van der Waals surface area contributed by atoms with E-state index in [2.05, 4.69) is 14.9 Å². The summed E-state index contributed by atoms with van der Waals surface area (Å²) in [5, 5.41) is 3.79. The van der Waals surface area contributed by atoms with Crippen molar-refractivity contribution >= 4 is 35.1 Å². The molecule has 1 saturated carbocycles. The van der Waals surface area contributed by atoms with E-state index in [4.69, 9.17) is 28.6 Å². The Hall–Kier alpha value is -4.51. The molecule has 1 aliphatic heterocycles. The van der Waals surface area contributed by atoms with Crippen LogP contribution in [0.2, 0.25) is 5.02 Å². The van der Waals surface area contributed by atoms with Gasteiger partial charge in [-0.1, -0.05) is 68.8 Å². The number of guanidine groups is 1. The maximum absolute atomic E-state index is 14.7. The lowest BCUT2D eigenvalue weighted by Gasteiger charge is -2.35. The molecule has 0 radical (unpaired) electrons. The minimum absolute atomic E-state index is 0.0355. The van der Waals surface area contributed by atoms with Crippen molar-refractivity contribution in [3.05, 3.63) is 82.4 Å². The average Bonchev–Trinajstić information content (AvgIpc) is 3.54. The summed E-state index contributed by atoms with van der Waals surface area (Å²) in [5.74, 6) is -1.92. The van der Waals surface area contributed by atoms with Crippen molar-refractivity contribution in [2.24, 2.45) is 21.6 Å². The van der Waals surface area contributed by atoms with E-state index in [9.17, 15) is 31.5 Å². The van der Waals surface area contributed by atoms with Crippen molar-refractivity contribution in [2.75, 3.05) is 6.61 Å². The zero-order chi connectivity index (χ0) is 35.2. The minimum atomic E-state index is -4.57. The van der Waals surface area contributed by atoms with Gasteiger partial charge in [0, 0.05) is 16.8 Å².